The van der Waals surface area contributed by atoms with Crippen molar-refractivity contribution in [3.63, 3.8) is 0 Å². The molecule has 1 saturated heterocycles. The molecule has 1 aliphatic rings. The average molecular weight is 344 g/mol. The van der Waals surface area contributed by atoms with Crippen molar-refractivity contribution < 1.29 is 18.4 Å². The molecule has 2 N–H and O–H groups in total. The Morgan fingerprint density at radius 3 is 2.65 bits per heavy atom. The minimum Gasteiger partial charge on any atom is -0.485 e. The molecule has 8 heteroatoms. The normalized spacial score (nSPS) is 16.6. The summed E-state index contributed by atoms with van der Waals surface area (Å²) in [7, 11) is 0. The number of ether oxygens (including phenoxy) is 2. The van der Waals surface area contributed by atoms with Gasteiger partial charge in [-0.15, -0.1) is 12.4 Å². The number of benzene rings is 1. The van der Waals surface area contributed by atoms with Gasteiger partial charge in [-0.25, -0.2) is 4.39 Å². The van der Waals surface area contributed by atoms with E-state index in [1.807, 2.05) is 0 Å². The van der Waals surface area contributed by atoms with Gasteiger partial charge in [0.15, 0.2) is 6.61 Å². The smallest absolute Gasteiger partial charge is 0.243 e. The van der Waals surface area contributed by atoms with E-state index in [4.69, 9.17) is 19.7 Å². The summed E-state index contributed by atoms with van der Waals surface area (Å²) in [6.45, 7) is 1.58. The first kappa shape index (κ1) is 17.7. The van der Waals surface area contributed by atoms with Crippen molar-refractivity contribution in [1.82, 2.24) is 10.1 Å². The zero-order chi connectivity index (χ0) is 15.4. The number of nitrogens with zero attached hydrogens (tertiary/aromatic N) is 2. The van der Waals surface area contributed by atoms with Crippen molar-refractivity contribution in [3.8, 4) is 5.75 Å². The molecule has 1 fully saturated rings. The third kappa shape index (κ3) is 4.63. The molecule has 0 aliphatic carbocycles. The van der Waals surface area contributed by atoms with Gasteiger partial charge in [-0.3, -0.25) is 0 Å². The Morgan fingerprint density at radius 2 is 1.96 bits per heavy atom. The Bertz CT molecular complexity index is 602. The van der Waals surface area contributed by atoms with E-state index in [2.05, 4.69) is 10.1 Å². The zero-order valence-electron chi connectivity index (χ0n) is 12.5. The fourth-order valence-electron chi connectivity index (χ4n) is 2.42. The van der Waals surface area contributed by atoms with Crippen LogP contribution in [0.25, 0.3) is 0 Å². The first-order valence-corrected chi connectivity index (χ1v) is 7.26. The van der Waals surface area contributed by atoms with Crippen LogP contribution >= 0.6 is 12.4 Å². The van der Waals surface area contributed by atoms with Crippen LogP contribution in [0.5, 0.6) is 5.75 Å². The summed E-state index contributed by atoms with van der Waals surface area (Å²) in [5.41, 5.74) is 6.17. The number of hydrogen-bond acceptors (Lipinski definition) is 6. The van der Waals surface area contributed by atoms with Crippen molar-refractivity contribution in [2.75, 3.05) is 13.2 Å². The average Bonchev–Trinajstić information content (AvgIpc) is 3.03. The monoisotopic (exact) mass is 343 g/mol. The molecule has 1 aliphatic heterocycles. The molecule has 1 aromatic carbocycles. The largest absolute Gasteiger partial charge is 0.485 e. The van der Waals surface area contributed by atoms with Gasteiger partial charge in [0.05, 0.1) is 6.04 Å². The maximum atomic E-state index is 12.8. The van der Waals surface area contributed by atoms with Crippen LogP contribution in [0, 0.1) is 11.7 Å². The highest BCUT2D eigenvalue weighted by atomic mass is 35.5. The highest BCUT2D eigenvalue weighted by Crippen LogP contribution is 2.27. The fraction of sp³-hybridized carbons (Fsp3) is 0.467. The number of halogens is 2. The number of rotatable bonds is 5. The van der Waals surface area contributed by atoms with Crippen LogP contribution in [0.2, 0.25) is 0 Å². The molecule has 126 valence electrons. The summed E-state index contributed by atoms with van der Waals surface area (Å²) in [4.78, 5) is 4.28. The molecule has 2 heterocycles. The van der Waals surface area contributed by atoms with Gasteiger partial charge in [-0.2, -0.15) is 4.98 Å². The lowest BCUT2D eigenvalue weighted by molar-refractivity contribution is 0.0546. The molecular formula is C15H19ClFN3O3. The maximum absolute atomic E-state index is 12.8. The third-order valence-electron chi connectivity index (χ3n) is 3.72. The van der Waals surface area contributed by atoms with E-state index in [0.717, 1.165) is 12.8 Å². The standard InChI is InChI=1S/C15H18FN3O3.ClH/c16-11-1-3-12(4-2-11)21-9-13-18-15(22-19-13)14(17)10-5-7-20-8-6-10;/h1-4,10,14H,5-9,17H2;1H. The lowest BCUT2D eigenvalue weighted by Gasteiger charge is -2.25. The van der Waals surface area contributed by atoms with Crippen LogP contribution in [0.3, 0.4) is 0 Å². The quantitative estimate of drug-likeness (QED) is 0.898. The Labute approximate surface area is 139 Å². The van der Waals surface area contributed by atoms with Gasteiger partial charge < -0.3 is 19.7 Å². The number of aromatic nitrogens is 2. The first-order valence-electron chi connectivity index (χ1n) is 7.26. The van der Waals surface area contributed by atoms with Crippen LogP contribution in [-0.4, -0.2) is 23.4 Å². The van der Waals surface area contributed by atoms with Gasteiger partial charge >= 0.3 is 0 Å². The molecule has 0 amide bonds. The Kier molecular flexibility index (Phi) is 6.32. The molecule has 23 heavy (non-hydrogen) atoms. The minimum absolute atomic E-state index is 0. The van der Waals surface area contributed by atoms with Crippen molar-refractivity contribution in [2.45, 2.75) is 25.5 Å². The van der Waals surface area contributed by atoms with Gasteiger partial charge in [-0.1, -0.05) is 5.16 Å². The Hall–Kier alpha value is -1.70. The molecule has 1 unspecified atom stereocenters. The summed E-state index contributed by atoms with van der Waals surface area (Å²) in [6, 6.07) is 5.47. The van der Waals surface area contributed by atoms with E-state index >= 15 is 0 Å². The molecule has 1 atom stereocenters. The molecule has 3 rings (SSSR count). The molecule has 1 aromatic heterocycles. The molecule has 6 nitrogen and oxygen atoms in total. The maximum Gasteiger partial charge on any atom is 0.243 e. The second kappa shape index (κ2) is 8.24. The number of nitrogens with two attached hydrogens (primary N) is 1. The third-order valence-corrected chi connectivity index (χ3v) is 3.72. The second-order valence-electron chi connectivity index (χ2n) is 5.27. The molecule has 0 radical (unpaired) electrons. The van der Waals surface area contributed by atoms with Crippen molar-refractivity contribution >= 4 is 12.4 Å². The molecule has 0 spiro atoms. The van der Waals surface area contributed by atoms with Crippen LogP contribution in [0.15, 0.2) is 28.8 Å². The Morgan fingerprint density at radius 1 is 1.26 bits per heavy atom. The van der Waals surface area contributed by atoms with Gasteiger partial charge in [0.2, 0.25) is 11.7 Å². The van der Waals surface area contributed by atoms with Crippen molar-refractivity contribution in [1.29, 1.82) is 0 Å². The zero-order valence-corrected chi connectivity index (χ0v) is 13.3. The predicted octanol–water partition coefficient (Wildman–Crippen LogP) is 2.64. The van der Waals surface area contributed by atoms with E-state index in [1.54, 1.807) is 12.1 Å². The summed E-state index contributed by atoms with van der Waals surface area (Å²) in [5, 5.41) is 3.87. The summed E-state index contributed by atoms with van der Waals surface area (Å²) >= 11 is 0. The first-order chi connectivity index (χ1) is 10.7. The SMILES string of the molecule is Cl.NC(c1nc(COc2ccc(F)cc2)no1)C1CCOCC1. The van der Waals surface area contributed by atoms with Crippen molar-refractivity contribution in [2.24, 2.45) is 11.7 Å². The fourth-order valence-corrected chi connectivity index (χ4v) is 2.42. The van der Waals surface area contributed by atoms with Crippen LogP contribution in [0.1, 0.15) is 30.6 Å². The lowest BCUT2D eigenvalue weighted by atomic mass is 9.92. The highest BCUT2D eigenvalue weighted by molar-refractivity contribution is 5.85. The minimum atomic E-state index is -0.309. The van der Waals surface area contributed by atoms with E-state index in [0.29, 0.717) is 36.6 Å². The highest BCUT2D eigenvalue weighted by Gasteiger charge is 2.26. The van der Waals surface area contributed by atoms with E-state index in [1.165, 1.54) is 12.1 Å². The van der Waals surface area contributed by atoms with E-state index in [-0.39, 0.29) is 30.9 Å². The van der Waals surface area contributed by atoms with Crippen LogP contribution in [-0.2, 0) is 11.3 Å². The second-order valence-corrected chi connectivity index (χ2v) is 5.27. The van der Waals surface area contributed by atoms with Crippen molar-refractivity contribution in [3.05, 3.63) is 41.8 Å². The Balaban J connectivity index is 0.00000192. The predicted molar refractivity (Wildman–Crippen MR) is 82.7 cm³/mol. The lowest BCUT2D eigenvalue weighted by Crippen LogP contribution is -2.27. The topological polar surface area (TPSA) is 83.4 Å². The van der Waals surface area contributed by atoms with Gasteiger partial charge in [0.25, 0.3) is 0 Å². The van der Waals surface area contributed by atoms with Gasteiger partial charge in [0.1, 0.15) is 11.6 Å². The van der Waals surface area contributed by atoms with Gasteiger partial charge in [-0.05, 0) is 43.0 Å². The molecular weight excluding hydrogens is 325 g/mol. The number of hydrogen-bond donors (Lipinski definition) is 1. The summed E-state index contributed by atoms with van der Waals surface area (Å²) in [6.07, 6.45) is 1.79. The van der Waals surface area contributed by atoms with Crippen LogP contribution in [0.4, 0.5) is 4.39 Å². The summed E-state index contributed by atoms with van der Waals surface area (Å²) < 4.78 is 28.8. The van der Waals surface area contributed by atoms with E-state index in [9.17, 15) is 4.39 Å². The summed E-state index contributed by atoms with van der Waals surface area (Å²) in [5.74, 6) is 1.37. The molecule has 0 saturated carbocycles. The van der Waals surface area contributed by atoms with Gasteiger partial charge in [0, 0.05) is 13.2 Å². The van der Waals surface area contributed by atoms with Crippen LogP contribution < -0.4 is 10.5 Å². The molecule has 0 bridgehead atoms. The molecule has 2 aromatic rings. The van der Waals surface area contributed by atoms with E-state index < -0.39 is 0 Å².